The molecule has 0 saturated carbocycles. The maximum Gasteiger partial charge on any atom is 0.574 e. The van der Waals surface area contributed by atoms with Crippen LogP contribution in [0, 0.1) is 3.57 Å². The van der Waals surface area contributed by atoms with Gasteiger partial charge in [0, 0.05) is 14.5 Å². The summed E-state index contributed by atoms with van der Waals surface area (Å²) >= 11 is 4.65. The molecule has 0 aliphatic rings. The lowest BCUT2D eigenvalue weighted by Crippen LogP contribution is -2.20. The lowest BCUT2D eigenvalue weighted by Gasteiger charge is -2.12. The molecular weight excluding hydrogens is 422 g/mol. The summed E-state index contributed by atoms with van der Waals surface area (Å²) in [7, 11) is 0. The van der Waals surface area contributed by atoms with Crippen molar-refractivity contribution < 1.29 is 27.8 Å². The quantitative estimate of drug-likeness (QED) is 0.597. The fourth-order valence-corrected chi connectivity index (χ4v) is 2.08. The Hall–Kier alpha value is -0.580. The van der Waals surface area contributed by atoms with E-state index in [1.807, 2.05) is 0 Å². The number of carboxylic acid groups (broad SMARTS) is 1. The van der Waals surface area contributed by atoms with Crippen LogP contribution in [0.3, 0.4) is 0 Å². The third-order valence-electron chi connectivity index (χ3n) is 1.57. The summed E-state index contributed by atoms with van der Waals surface area (Å²) < 4.78 is 40.1. The standard InChI is InChI=1S/C8H4BrF3INO3/c9-2-3-1-4(13)5(7(15)16)14-6(3)17-8(10,11)12/h1H,2H2,(H,15,16). The molecule has 0 bridgehead atoms. The number of halogens is 5. The van der Waals surface area contributed by atoms with Gasteiger partial charge in [-0.05, 0) is 28.7 Å². The Balaban J connectivity index is 3.26. The predicted octanol–water partition coefficient (Wildman–Crippen LogP) is 3.18. The molecule has 0 saturated heterocycles. The van der Waals surface area contributed by atoms with Crippen molar-refractivity contribution in [2.45, 2.75) is 11.7 Å². The molecule has 0 aromatic carbocycles. The average molecular weight is 426 g/mol. The van der Waals surface area contributed by atoms with Gasteiger partial charge in [-0.2, -0.15) is 0 Å². The molecule has 94 valence electrons. The number of nitrogens with zero attached hydrogens (tertiary/aromatic N) is 1. The van der Waals surface area contributed by atoms with Crippen molar-refractivity contribution in [2.75, 3.05) is 0 Å². The molecule has 0 atom stereocenters. The van der Waals surface area contributed by atoms with Crippen LogP contribution in [0.5, 0.6) is 5.88 Å². The molecule has 0 aliphatic heterocycles. The lowest BCUT2D eigenvalue weighted by atomic mass is 10.2. The van der Waals surface area contributed by atoms with Crippen LogP contribution in [0.15, 0.2) is 6.07 Å². The Morgan fingerprint density at radius 2 is 2.18 bits per heavy atom. The van der Waals surface area contributed by atoms with E-state index in [1.54, 1.807) is 22.6 Å². The number of carboxylic acids is 1. The smallest absolute Gasteiger partial charge is 0.476 e. The molecule has 0 fully saturated rings. The van der Waals surface area contributed by atoms with Gasteiger partial charge in [0.1, 0.15) is 0 Å². The first-order valence-corrected chi connectivity index (χ1v) is 6.19. The van der Waals surface area contributed by atoms with Gasteiger partial charge in [-0.25, -0.2) is 9.78 Å². The summed E-state index contributed by atoms with van der Waals surface area (Å²) in [5, 5.41) is 8.81. The number of hydrogen-bond donors (Lipinski definition) is 1. The summed E-state index contributed by atoms with van der Waals surface area (Å²) in [5.74, 6) is -2.17. The van der Waals surface area contributed by atoms with E-state index in [0.29, 0.717) is 0 Å². The number of hydrogen-bond acceptors (Lipinski definition) is 3. The van der Waals surface area contributed by atoms with Crippen LogP contribution in [0.4, 0.5) is 13.2 Å². The van der Waals surface area contributed by atoms with Gasteiger partial charge in [-0.15, -0.1) is 13.2 Å². The van der Waals surface area contributed by atoms with E-state index in [2.05, 4.69) is 25.7 Å². The number of rotatable bonds is 3. The first-order chi connectivity index (χ1) is 7.74. The van der Waals surface area contributed by atoms with Crippen molar-refractivity contribution in [3.63, 3.8) is 0 Å². The van der Waals surface area contributed by atoms with E-state index in [1.165, 1.54) is 6.07 Å². The van der Waals surface area contributed by atoms with Crippen molar-refractivity contribution in [3.8, 4) is 5.88 Å². The van der Waals surface area contributed by atoms with Crippen molar-refractivity contribution in [3.05, 3.63) is 20.9 Å². The molecule has 17 heavy (non-hydrogen) atoms. The number of aromatic nitrogens is 1. The highest BCUT2D eigenvalue weighted by Gasteiger charge is 2.33. The summed E-state index contributed by atoms with van der Waals surface area (Å²) in [4.78, 5) is 14.1. The van der Waals surface area contributed by atoms with E-state index in [0.717, 1.165) is 0 Å². The zero-order valence-corrected chi connectivity index (χ0v) is 11.6. The fourth-order valence-electron chi connectivity index (χ4n) is 0.954. The van der Waals surface area contributed by atoms with Crippen LogP contribution in [-0.4, -0.2) is 22.4 Å². The Morgan fingerprint density at radius 1 is 1.59 bits per heavy atom. The zero-order valence-electron chi connectivity index (χ0n) is 7.89. The topological polar surface area (TPSA) is 59.4 Å². The van der Waals surface area contributed by atoms with Crippen molar-refractivity contribution in [2.24, 2.45) is 0 Å². The molecule has 0 radical (unpaired) electrons. The van der Waals surface area contributed by atoms with E-state index < -0.39 is 23.9 Å². The zero-order chi connectivity index (χ0) is 13.2. The number of ether oxygens (including phenoxy) is 1. The predicted molar refractivity (Wildman–Crippen MR) is 63.2 cm³/mol. The van der Waals surface area contributed by atoms with Crippen LogP contribution in [0.2, 0.25) is 0 Å². The van der Waals surface area contributed by atoms with Gasteiger partial charge in [0.2, 0.25) is 5.88 Å². The van der Waals surface area contributed by atoms with Crippen LogP contribution >= 0.6 is 38.5 Å². The molecule has 1 heterocycles. The minimum atomic E-state index is -4.91. The van der Waals surface area contributed by atoms with E-state index >= 15 is 0 Å². The molecule has 1 N–H and O–H groups in total. The maximum absolute atomic E-state index is 12.1. The van der Waals surface area contributed by atoms with Crippen LogP contribution in [0.1, 0.15) is 16.1 Å². The molecule has 0 amide bonds. The van der Waals surface area contributed by atoms with Gasteiger partial charge >= 0.3 is 12.3 Å². The van der Waals surface area contributed by atoms with Crippen LogP contribution in [-0.2, 0) is 5.33 Å². The highest BCUT2D eigenvalue weighted by molar-refractivity contribution is 14.1. The molecule has 0 unspecified atom stereocenters. The Kier molecular flexibility index (Phi) is 4.58. The highest BCUT2D eigenvalue weighted by atomic mass is 127. The summed E-state index contributed by atoms with van der Waals surface area (Å²) in [6, 6.07) is 1.27. The van der Waals surface area contributed by atoms with E-state index in [4.69, 9.17) is 5.11 Å². The van der Waals surface area contributed by atoms with Gasteiger partial charge in [0.05, 0.1) is 0 Å². The third-order valence-corrected chi connectivity index (χ3v) is 3.00. The fraction of sp³-hybridized carbons (Fsp3) is 0.250. The molecule has 4 nitrogen and oxygen atoms in total. The molecular formula is C8H4BrF3INO3. The number of aromatic carboxylic acids is 1. The maximum atomic E-state index is 12.1. The third kappa shape index (κ3) is 3.98. The largest absolute Gasteiger partial charge is 0.574 e. The first-order valence-electron chi connectivity index (χ1n) is 3.99. The Bertz CT molecular complexity index is 452. The van der Waals surface area contributed by atoms with Crippen LogP contribution in [0.25, 0.3) is 0 Å². The summed E-state index contributed by atoms with van der Waals surface area (Å²) in [6.07, 6.45) is -4.91. The van der Waals surface area contributed by atoms with E-state index in [-0.39, 0.29) is 14.5 Å². The van der Waals surface area contributed by atoms with Gasteiger partial charge in [-0.3, -0.25) is 0 Å². The van der Waals surface area contributed by atoms with Gasteiger partial charge in [0.15, 0.2) is 5.69 Å². The number of alkyl halides is 4. The molecule has 9 heteroatoms. The highest BCUT2D eigenvalue weighted by Crippen LogP contribution is 2.28. The van der Waals surface area contributed by atoms with Gasteiger partial charge in [0.25, 0.3) is 0 Å². The minimum Gasteiger partial charge on any atom is -0.476 e. The second kappa shape index (κ2) is 5.38. The number of carbonyl (C=O) groups is 1. The molecule has 1 aromatic heterocycles. The van der Waals surface area contributed by atoms with Crippen LogP contribution < -0.4 is 4.74 Å². The second-order valence-corrected chi connectivity index (χ2v) is 4.49. The Morgan fingerprint density at radius 3 is 2.59 bits per heavy atom. The second-order valence-electron chi connectivity index (χ2n) is 2.77. The van der Waals surface area contributed by atoms with Gasteiger partial charge in [-0.1, -0.05) is 15.9 Å². The summed E-state index contributed by atoms with van der Waals surface area (Å²) in [5.41, 5.74) is -0.355. The van der Waals surface area contributed by atoms with Gasteiger partial charge < -0.3 is 9.84 Å². The normalized spacial score (nSPS) is 11.4. The van der Waals surface area contributed by atoms with Crippen molar-refractivity contribution in [1.29, 1.82) is 0 Å². The Labute approximate surface area is 115 Å². The van der Waals surface area contributed by atoms with Crippen molar-refractivity contribution in [1.82, 2.24) is 4.98 Å². The minimum absolute atomic E-state index is 0.0707. The number of pyridine rings is 1. The summed E-state index contributed by atoms with van der Waals surface area (Å²) in [6.45, 7) is 0. The molecule has 1 rings (SSSR count). The van der Waals surface area contributed by atoms with Crippen molar-refractivity contribution >= 4 is 44.5 Å². The van der Waals surface area contributed by atoms with E-state index in [9.17, 15) is 18.0 Å². The monoisotopic (exact) mass is 425 g/mol. The molecule has 0 aliphatic carbocycles. The average Bonchev–Trinajstić information content (AvgIpc) is 2.17. The lowest BCUT2D eigenvalue weighted by molar-refractivity contribution is -0.276. The molecule has 0 spiro atoms. The first kappa shape index (κ1) is 14.5. The SMILES string of the molecule is O=C(O)c1nc(OC(F)(F)F)c(CBr)cc1I. The molecule has 1 aromatic rings.